The average Bonchev–Trinajstić information content (AvgIpc) is 2.21. The van der Waals surface area contributed by atoms with E-state index in [1.54, 1.807) is 13.8 Å². The van der Waals surface area contributed by atoms with Crippen LogP contribution in [0.25, 0.3) is 0 Å². The zero-order valence-electron chi connectivity index (χ0n) is 9.89. The maximum Gasteiger partial charge on any atom is 0.254 e. The molecule has 0 heterocycles. The molecule has 5 heteroatoms. The molecule has 0 aliphatic heterocycles. The van der Waals surface area contributed by atoms with Crippen LogP contribution in [0.2, 0.25) is 0 Å². The van der Waals surface area contributed by atoms with Gasteiger partial charge in [-0.3, -0.25) is 4.79 Å². The van der Waals surface area contributed by atoms with Gasteiger partial charge in [0.1, 0.15) is 0 Å². The Morgan fingerprint density at radius 1 is 1.41 bits per heavy atom. The molecule has 17 heavy (non-hydrogen) atoms. The maximum atomic E-state index is 13.4. The van der Waals surface area contributed by atoms with E-state index in [9.17, 15) is 13.6 Å². The van der Waals surface area contributed by atoms with Gasteiger partial charge in [-0.1, -0.05) is 6.07 Å². The van der Waals surface area contributed by atoms with Gasteiger partial charge in [0.05, 0.1) is 5.56 Å². The van der Waals surface area contributed by atoms with E-state index in [2.05, 4.69) is 5.32 Å². The summed E-state index contributed by atoms with van der Waals surface area (Å²) in [5.74, 6) is -2.80. The van der Waals surface area contributed by atoms with Crippen molar-refractivity contribution in [1.82, 2.24) is 5.32 Å². The Hall–Kier alpha value is -1.49. The summed E-state index contributed by atoms with van der Waals surface area (Å²) >= 11 is 0. The van der Waals surface area contributed by atoms with Gasteiger partial charge in [0.25, 0.3) is 5.91 Å². The molecule has 94 valence electrons. The van der Waals surface area contributed by atoms with Gasteiger partial charge in [0.2, 0.25) is 0 Å². The Bertz CT molecular complexity index is 419. The van der Waals surface area contributed by atoms with Crippen LogP contribution in [-0.4, -0.2) is 18.0 Å². The van der Waals surface area contributed by atoms with Gasteiger partial charge in [0.15, 0.2) is 11.6 Å². The van der Waals surface area contributed by atoms with Gasteiger partial charge < -0.3 is 11.1 Å². The number of halogens is 2. The molecule has 0 radical (unpaired) electrons. The zero-order valence-corrected chi connectivity index (χ0v) is 9.89. The molecule has 0 saturated carbocycles. The summed E-state index contributed by atoms with van der Waals surface area (Å²) in [5.41, 5.74) is 4.55. The fraction of sp³-hybridized carbons (Fsp3) is 0.417. The minimum absolute atomic E-state index is 0.296. The molecule has 3 nitrogen and oxygen atoms in total. The molecular formula is C12H16F2N2O. The summed E-state index contributed by atoms with van der Waals surface area (Å²) in [6.45, 7) is 3.95. The predicted molar refractivity (Wildman–Crippen MR) is 61.6 cm³/mol. The van der Waals surface area contributed by atoms with Crippen molar-refractivity contribution >= 4 is 5.91 Å². The molecule has 0 atom stereocenters. The van der Waals surface area contributed by atoms with E-state index in [0.717, 1.165) is 6.07 Å². The lowest BCUT2D eigenvalue weighted by atomic mass is 10.00. The van der Waals surface area contributed by atoms with Crippen LogP contribution in [0.5, 0.6) is 0 Å². The minimum atomic E-state index is -1.13. The van der Waals surface area contributed by atoms with E-state index in [-0.39, 0.29) is 5.56 Å². The number of carbonyl (C=O) groups is 1. The molecule has 3 N–H and O–H groups in total. The van der Waals surface area contributed by atoms with Crippen molar-refractivity contribution in [2.45, 2.75) is 25.8 Å². The first-order chi connectivity index (χ1) is 7.87. The van der Waals surface area contributed by atoms with E-state index in [4.69, 9.17) is 5.73 Å². The molecular weight excluding hydrogens is 226 g/mol. The first-order valence-electron chi connectivity index (χ1n) is 5.34. The lowest BCUT2D eigenvalue weighted by Gasteiger charge is -2.25. The third-order valence-corrected chi connectivity index (χ3v) is 2.42. The molecule has 1 aromatic rings. The van der Waals surface area contributed by atoms with Crippen molar-refractivity contribution in [2.75, 3.05) is 6.54 Å². The van der Waals surface area contributed by atoms with Crippen LogP contribution in [0.1, 0.15) is 30.6 Å². The molecule has 0 fully saturated rings. The fourth-order valence-corrected chi connectivity index (χ4v) is 1.48. The Morgan fingerprint density at radius 2 is 2.06 bits per heavy atom. The third kappa shape index (κ3) is 3.49. The highest BCUT2D eigenvalue weighted by Gasteiger charge is 2.22. The fourth-order valence-electron chi connectivity index (χ4n) is 1.48. The van der Waals surface area contributed by atoms with Gasteiger partial charge in [-0.15, -0.1) is 0 Å². The second-order valence-electron chi connectivity index (χ2n) is 4.48. The van der Waals surface area contributed by atoms with Gasteiger partial charge in [0, 0.05) is 5.54 Å². The number of nitrogens with two attached hydrogens (primary N) is 1. The standard InChI is InChI=1S/C12H16F2N2O/c1-12(2,6-7-15)16-11(17)8-4-3-5-9(13)10(8)14/h3-5H,6-7,15H2,1-2H3,(H,16,17). The molecule has 0 spiro atoms. The van der Waals surface area contributed by atoms with Crippen molar-refractivity contribution < 1.29 is 13.6 Å². The topological polar surface area (TPSA) is 55.1 Å². The smallest absolute Gasteiger partial charge is 0.254 e. The number of rotatable bonds is 4. The summed E-state index contributed by atoms with van der Waals surface area (Å²) in [5, 5.41) is 2.62. The molecule has 0 aliphatic rings. The SMILES string of the molecule is CC(C)(CCN)NC(=O)c1cccc(F)c1F. The number of amides is 1. The number of benzene rings is 1. The van der Waals surface area contributed by atoms with Gasteiger partial charge in [-0.05, 0) is 38.9 Å². The van der Waals surface area contributed by atoms with Crippen LogP contribution in [-0.2, 0) is 0 Å². The summed E-state index contributed by atoms with van der Waals surface area (Å²) in [6.07, 6.45) is 0.551. The van der Waals surface area contributed by atoms with Crippen LogP contribution >= 0.6 is 0 Å². The van der Waals surface area contributed by atoms with Gasteiger partial charge in [-0.2, -0.15) is 0 Å². The second-order valence-corrected chi connectivity index (χ2v) is 4.48. The number of hydrogen-bond acceptors (Lipinski definition) is 2. The highest BCUT2D eigenvalue weighted by Crippen LogP contribution is 2.14. The van der Waals surface area contributed by atoms with Crippen molar-refractivity contribution in [3.63, 3.8) is 0 Å². The maximum absolute atomic E-state index is 13.4. The number of hydrogen-bond donors (Lipinski definition) is 2. The summed E-state index contributed by atoms with van der Waals surface area (Å²) in [6, 6.07) is 3.51. The highest BCUT2D eigenvalue weighted by molar-refractivity contribution is 5.94. The van der Waals surface area contributed by atoms with E-state index < -0.39 is 23.1 Å². The normalized spacial score (nSPS) is 11.4. The Morgan fingerprint density at radius 3 is 2.65 bits per heavy atom. The molecule has 0 saturated heterocycles. The number of nitrogens with one attached hydrogen (secondary N) is 1. The monoisotopic (exact) mass is 242 g/mol. The quantitative estimate of drug-likeness (QED) is 0.846. The van der Waals surface area contributed by atoms with E-state index in [1.165, 1.54) is 12.1 Å². The highest BCUT2D eigenvalue weighted by atomic mass is 19.2. The van der Waals surface area contributed by atoms with Crippen LogP contribution in [0, 0.1) is 11.6 Å². The van der Waals surface area contributed by atoms with Gasteiger partial charge in [-0.25, -0.2) is 8.78 Å². The van der Waals surface area contributed by atoms with Gasteiger partial charge >= 0.3 is 0 Å². The second kappa shape index (κ2) is 5.23. The van der Waals surface area contributed by atoms with Crippen molar-refractivity contribution in [1.29, 1.82) is 0 Å². The summed E-state index contributed by atoms with van der Waals surface area (Å²) < 4.78 is 26.3. The Kier molecular flexibility index (Phi) is 4.17. The lowest BCUT2D eigenvalue weighted by Crippen LogP contribution is -2.45. The summed E-state index contributed by atoms with van der Waals surface area (Å²) in [7, 11) is 0. The Balaban J connectivity index is 2.87. The lowest BCUT2D eigenvalue weighted by molar-refractivity contribution is 0.0905. The molecule has 1 aromatic carbocycles. The first-order valence-corrected chi connectivity index (χ1v) is 5.34. The largest absolute Gasteiger partial charge is 0.347 e. The minimum Gasteiger partial charge on any atom is -0.347 e. The average molecular weight is 242 g/mol. The van der Waals surface area contributed by atoms with Crippen LogP contribution in [0.4, 0.5) is 8.78 Å². The van der Waals surface area contributed by atoms with Crippen molar-refractivity contribution in [3.8, 4) is 0 Å². The third-order valence-electron chi connectivity index (χ3n) is 2.42. The molecule has 0 aliphatic carbocycles. The molecule has 0 unspecified atom stereocenters. The van der Waals surface area contributed by atoms with Crippen molar-refractivity contribution in [3.05, 3.63) is 35.4 Å². The van der Waals surface area contributed by atoms with Crippen LogP contribution in [0.15, 0.2) is 18.2 Å². The summed E-state index contributed by atoms with van der Waals surface area (Å²) in [4.78, 5) is 11.7. The zero-order chi connectivity index (χ0) is 13.1. The van der Waals surface area contributed by atoms with E-state index >= 15 is 0 Å². The molecule has 0 aromatic heterocycles. The number of carbonyl (C=O) groups excluding carboxylic acids is 1. The molecule has 1 amide bonds. The molecule has 1 rings (SSSR count). The van der Waals surface area contributed by atoms with E-state index in [1.807, 2.05) is 0 Å². The Labute approximate surface area is 99.0 Å². The van der Waals surface area contributed by atoms with E-state index in [0.29, 0.717) is 13.0 Å². The van der Waals surface area contributed by atoms with Crippen LogP contribution < -0.4 is 11.1 Å². The molecule has 0 bridgehead atoms. The van der Waals surface area contributed by atoms with Crippen molar-refractivity contribution in [2.24, 2.45) is 5.73 Å². The van der Waals surface area contributed by atoms with Crippen LogP contribution in [0.3, 0.4) is 0 Å². The predicted octanol–water partition coefficient (Wildman–Crippen LogP) is 1.82. The first kappa shape index (κ1) is 13.6.